The molecule has 120 valence electrons. The topological polar surface area (TPSA) is 64.6 Å². The van der Waals surface area contributed by atoms with Crippen molar-refractivity contribution >= 4 is 23.8 Å². The van der Waals surface area contributed by atoms with Gasteiger partial charge in [-0.05, 0) is 29.8 Å². The van der Waals surface area contributed by atoms with Crippen molar-refractivity contribution in [1.29, 1.82) is 0 Å². The SMILES string of the molecule is COc1ccc(OCC(=O)NCc2ccccc2Cl)c(C=O)c1. The Morgan fingerprint density at radius 2 is 2.04 bits per heavy atom. The van der Waals surface area contributed by atoms with Crippen LogP contribution in [0.1, 0.15) is 15.9 Å². The van der Waals surface area contributed by atoms with Crippen LogP contribution in [0.5, 0.6) is 11.5 Å². The number of carbonyl (C=O) groups excluding carboxylic acids is 2. The van der Waals surface area contributed by atoms with Gasteiger partial charge in [-0.1, -0.05) is 29.8 Å². The summed E-state index contributed by atoms with van der Waals surface area (Å²) in [6, 6.07) is 12.0. The largest absolute Gasteiger partial charge is 0.497 e. The van der Waals surface area contributed by atoms with Gasteiger partial charge in [-0.3, -0.25) is 9.59 Å². The molecule has 0 aliphatic heterocycles. The Morgan fingerprint density at radius 1 is 1.26 bits per heavy atom. The van der Waals surface area contributed by atoms with Crippen molar-refractivity contribution < 1.29 is 19.1 Å². The average molecular weight is 334 g/mol. The number of rotatable bonds is 7. The van der Waals surface area contributed by atoms with Gasteiger partial charge in [-0.25, -0.2) is 0 Å². The van der Waals surface area contributed by atoms with Gasteiger partial charge in [0.05, 0.1) is 12.7 Å². The smallest absolute Gasteiger partial charge is 0.258 e. The summed E-state index contributed by atoms with van der Waals surface area (Å²) in [5.74, 6) is 0.564. The number of methoxy groups -OCH3 is 1. The van der Waals surface area contributed by atoms with E-state index in [4.69, 9.17) is 21.1 Å². The minimum absolute atomic E-state index is 0.197. The van der Waals surface area contributed by atoms with Crippen LogP contribution in [0.15, 0.2) is 42.5 Å². The summed E-state index contributed by atoms with van der Waals surface area (Å²) in [5.41, 5.74) is 1.14. The van der Waals surface area contributed by atoms with Gasteiger partial charge in [-0.15, -0.1) is 0 Å². The molecule has 0 aliphatic carbocycles. The van der Waals surface area contributed by atoms with Crippen LogP contribution in [0.25, 0.3) is 0 Å². The highest BCUT2D eigenvalue weighted by Gasteiger charge is 2.08. The van der Waals surface area contributed by atoms with Crippen LogP contribution in [0.4, 0.5) is 0 Å². The van der Waals surface area contributed by atoms with E-state index < -0.39 is 0 Å². The van der Waals surface area contributed by atoms with Crippen molar-refractivity contribution in [3.8, 4) is 11.5 Å². The normalized spacial score (nSPS) is 10.0. The number of ether oxygens (including phenoxy) is 2. The molecule has 0 saturated carbocycles. The number of halogens is 1. The molecule has 6 heteroatoms. The Morgan fingerprint density at radius 3 is 2.74 bits per heavy atom. The minimum atomic E-state index is -0.308. The number of hydrogen-bond acceptors (Lipinski definition) is 4. The van der Waals surface area contributed by atoms with E-state index in [1.54, 1.807) is 24.3 Å². The van der Waals surface area contributed by atoms with Crippen molar-refractivity contribution in [2.75, 3.05) is 13.7 Å². The van der Waals surface area contributed by atoms with Crippen molar-refractivity contribution in [3.63, 3.8) is 0 Å². The van der Waals surface area contributed by atoms with E-state index in [2.05, 4.69) is 5.32 Å². The fourth-order valence-electron chi connectivity index (χ4n) is 1.91. The zero-order chi connectivity index (χ0) is 16.7. The average Bonchev–Trinajstić information content (AvgIpc) is 2.59. The molecule has 0 saturated heterocycles. The van der Waals surface area contributed by atoms with Crippen LogP contribution in [0.3, 0.4) is 0 Å². The third kappa shape index (κ3) is 4.72. The summed E-state index contributed by atoms with van der Waals surface area (Å²) in [4.78, 5) is 22.9. The first kappa shape index (κ1) is 16.8. The van der Waals surface area contributed by atoms with E-state index in [9.17, 15) is 9.59 Å². The van der Waals surface area contributed by atoms with E-state index in [0.717, 1.165) is 5.56 Å². The number of amides is 1. The lowest BCUT2D eigenvalue weighted by Crippen LogP contribution is -2.28. The molecule has 0 aliphatic rings. The number of benzene rings is 2. The highest BCUT2D eigenvalue weighted by Crippen LogP contribution is 2.22. The van der Waals surface area contributed by atoms with Gasteiger partial charge in [0, 0.05) is 11.6 Å². The van der Waals surface area contributed by atoms with Crippen LogP contribution in [0.2, 0.25) is 5.02 Å². The molecule has 23 heavy (non-hydrogen) atoms. The molecule has 0 unspecified atom stereocenters. The fraction of sp³-hybridized carbons (Fsp3) is 0.176. The fourth-order valence-corrected chi connectivity index (χ4v) is 2.11. The van der Waals surface area contributed by atoms with E-state index >= 15 is 0 Å². The molecule has 1 amide bonds. The maximum Gasteiger partial charge on any atom is 0.258 e. The molecule has 0 aromatic heterocycles. The summed E-state index contributed by atoms with van der Waals surface area (Å²) in [5, 5.41) is 3.30. The van der Waals surface area contributed by atoms with E-state index in [1.807, 2.05) is 18.2 Å². The van der Waals surface area contributed by atoms with Crippen LogP contribution in [0, 0.1) is 0 Å². The lowest BCUT2D eigenvalue weighted by molar-refractivity contribution is -0.123. The predicted molar refractivity (Wildman–Crippen MR) is 87.2 cm³/mol. The molecule has 5 nitrogen and oxygen atoms in total. The molecule has 0 bridgehead atoms. The Balaban J connectivity index is 1.89. The Kier molecular flexibility index (Phi) is 6.00. The zero-order valence-corrected chi connectivity index (χ0v) is 13.3. The summed E-state index contributed by atoms with van der Waals surface area (Å²) in [6.07, 6.45) is 0.652. The van der Waals surface area contributed by atoms with Crippen molar-refractivity contribution in [1.82, 2.24) is 5.32 Å². The first-order chi connectivity index (χ1) is 11.1. The van der Waals surface area contributed by atoms with Gasteiger partial charge in [0.2, 0.25) is 0 Å². The Labute approximate surface area is 139 Å². The van der Waals surface area contributed by atoms with Gasteiger partial charge >= 0.3 is 0 Å². The third-order valence-electron chi connectivity index (χ3n) is 3.14. The molecule has 2 aromatic rings. The molecule has 0 atom stereocenters. The molecule has 2 rings (SSSR count). The molecule has 0 fully saturated rings. The number of aldehydes is 1. The number of hydrogen-bond donors (Lipinski definition) is 1. The molecule has 0 heterocycles. The van der Waals surface area contributed by atoms with Gasteiger partial charge < -0.3 is 14.8 Å². The van der Waals surface area contributed by atoms with Gasteiger partial charge in [-0.2, -0.15) is 0 Å². The van der Waals surface area contributed by atoms with Crippen molar-refractivity contribution in [2.24, 2.45) is 0 Å². The predicted octanol–water partition coefficient (Wildman–Crippen LogP) is 2.86. The van der Waals surface area contributed by atoms with E-state index in [-0.39, 0.29) is 12.5 Å². The summed E-state index contributed by atoms with van der Waals surface area (Å²) in [7, 11) is 1.51. The molecule has 1 N–H and O–H groups in total. The second-order valence-corrected chi connectivity index (χ2v) is 5.09. The van der Waals surface area contributed by atoms with Crippen LogP contribution >= 0.6 is 11.6 Å². The van der Waals surface area contributed by atoms with Gasteiger partial charge in [0.25, 0.3) is 5.91 Å². The zero-order valence-electron chi connectivity index (χ0n) is 12.5. The van der Waals surface area contributed by atoms with Crippen LogP contribution in [-0.4, -0.2) is 25.9 Å². The highest BCUT2D eigenvalue weighted by atomic mass is 35.5. The van der Waals surface area contributed by atoms with Gasteiger partial charge in [0.1, 0.15) is 11.5 Å². The first-order valence-electron chi connectivity index (χ1n) is 6.90. The second-order valence-electron chi connectivity index (χ2n) is 4.68. The van der Waals surface area contributed by atoms with Crippen molar-refractivity contribution in [2.45, 2.75) is 6.54 Å². The van der Waals surface area contributed by atoms with E-state index in [0.29, 0.717) is 34.9 Å². The van der Waals surface area contributed by atoms with E-state index in [1.165, 1.54) is 7.11 Å². The lowest BCUT2D eigenvalue weighted by Gasteiger charge is -2.10. The first-order valence-corrected chi connectivity index (χ1v) is 7.28. The molecule has 2 aromatic carbocycles. The Bertz CT molecular complexity index is 703. The maximum absolute atomic E-state index is 11.8. The Hall–Kier alpha value is -2.53. The lowest BCUT2D eigenvalue weighted by atomic mass is 10.2. The molecular weight excluding hydrogens is 318 g/mol. The quantitative estimate of drug-likeness (QED) is 0.791. The number of nitrogens with one attached hydrogen (secondary N) is 1. The highest BCUT2D eigenvalue weighted by molar-refractivity contribution is 6.31. The van der Waals surface area contributed by atoms with Gasteiger partial charge in [0.15, 0.2) is 12.9 Å². The summed E-state index contributed by atoms with van der Waals surface area (Å²) < 4.78 is 10.4. The van der Waals surface area contributed by atoms with Crippen LogP contribution < -0.4 is 14.8 Å². The monoisotopic (exact) mass is 333 g/mol. The maximum atomic E-state index is 11.8. The number of carbonyl (C=O) groups is 2. The second kappa shape index (κ2) is 8.19. The molecule has 0 spiro atoms. The summed E-state index contributed by atoms with van der Waals surface area (Å²) >= 11 is 6.02. The molecular formula is C17H16ClNO4. The third-order valence-corrected chi connectivity index (χ3v) is 3.51. The van der Waals surface area contributed by atoms with Crippen molar-refractivity contribution in [3.05, 3.63) is 58.6 Å². The summed E-state index contributed by atoms with van der Waals surface area (Å²) in [6.45, 7) is 0.114. The van der Waals surface area contributed by atoms with Crippen LogP contribution in [-0.2, 0) is 11.3 Å². The molecule has 0 radical (unpaired) electrons. The minimum Gasteiger partial charge on any atom is -0.497 e. The standard InChI is InChI=1S/C17H16ClNO4/c1-22-14-6-7-16(13(8-14)10-20)23-11-17(21)19-9-12-4-2-3-5-15(12)18/h2-8,10H,9,11H2,1H3,(H,19,21).